The van der Waals surface area contributed by atoms with Crippen molar-refractivity contribution in [3.8, 4) is 11.5 Å². The van der Waals surface area contributed by atoms with Crippen molar-refractivity contribution in [3.63, 3.8) is 0 Å². The number of hydrogen-bond acceptors (Lipinski definition) is 5. The number of rotatable bonds is 4. The molecular weight excluding hydrogens is 606 g/mol. The van der Waals surface area contributed by atoms with Crippen LogP contribution in [-0.4, -0.2) is 29.1 Å². The highest BCUT2D eigenvalue weighted by atomic mass is 127. The van der Waals surface area contributed by atoms with Gasteiger partial charge in [0.05, 0.1) is 19.4 Å². The predicted molar refractivity (Wildman–Crippen MR) is 131 cm³/mol. The van der Waals surface area contributed by atoms with Crippen LogP contribution in [0.15, 0.2) is 66.0 Å². The summed E-state index contributed by atoms with van der Waals surface area (Å²) in [5.41, 5.74) is 3.51. The van der Waals surface area contributed by atoms with E-state index in [1.807, 2.05) is 28.8 Å². The fraction of sp³-hybridized carbons (Fsp3) is 0.0952. The molecule has 5 rings (SSSR count). The van der Waals surface area contributed by atoms with E-state index in [9.17, 15) is 4.79 Å². The minimum absolute atomic E-state index is 0.337. The molecule has 1 aromatic heterocycles. The summed E-state index contributed by atoms with van der Waals surface area (Å²) in [6.07, 6.45) is 3.21. The van der Waals surface area contributed by atoms with E-state index in [-0.39, 0.29) is 5.69 Å². The highest BCUT2D eigenvalue weighted by Crippen LogP contribution is 2.24. The molecule has 3 aromatic rings. The minimum atomic E-state index is -0.337. The van der Waals surface area contributed by atoms with Crippen molar-refractivity contribution in [2.75, 3.05) is 0 Å². The van der Waals surface area contributed by atoms with E-state index in [2.05, 4.69) is 89.4 Å². The van der Waals surface area contributed by atoms with E-state index in [0.29, 0.717) is 35.8 Å². The van der Waals surface area contributed by atoms with E-state index in [1.165, 1.54) is 9.90 Å². The van der Waals surface area contributed by atoms with Gasteiger partial charge in [-0.1, -0.05) is 24.3 Å². The van der Waals surface area contributed by atoms with Gasteiger partial charge in [-0.05, 0) is 80.6 Å². The molecule has 2 aliphatic heterocycles. The van der Waals surface area contributed by atoms with Crippen LogP contribution in [0.2, 0.25) is 0 Å². The second-order valence-corrected chi connectivity index (χ2v) is 9.32. The molecular formula is C21H14I2N6O. The molecule has 0 saturated carbocycles. The smallest absolute Gasteiger partial charge is 0.311 e. The van der Waals surface area contributed by atoms with Crippen LogP contribution in [0.4, 0.5) is 0 Å². The molecule has 0 unspecified atom stereocenters. The van der Waals surface area contributed by atoms with Gasteiger partial charge in [-0.25, -0.2) is 19.7 Å². The van der Waals surface area contributed by atoms with Crippen LogP contribution in [-0.2, 0) is 13.1 Å². The topological polar surface area (TPSA) is 78.5 Å². The Hall–Kier alpha value is -2.41. The Bertz CT molecular complexity index is 1380. The minimum Gasteiger partial charge on any atom is -0.311 e. The summed E-state index contributed by atoms with van der Waals surface area (Å²) in [6, 6.07) is 16.3. The summed E-state index contributed by atoms with van der Waals surface area (Å²) in [5.74, 6) is 0.487. The van der Waals surface area contributed by atoms with Crippen molar-refractivity contribution < 1.29 is 0 Å². The maximum atomic E-state index is 12.6. The van der Waals surface area contributed by atoms with E-state index < -0.39 is 0 Å². The quantitative estimate of drug-likeness (QED) is 0.286. The Labute approximate surface area is 198 Å². The zero-order chi connectivity index (χ0) is 20.7. The highest BCUT2D eigenvalue weighted by Gasteiger charge is 2.21. The third-order valence-electron chi connectivity index (χ3n) is 4.82. The van der Waals surface area contributed by atoms with Crippen molar-refractivity contribution in [2.45, 2.75) is 13.1 Å². The summed E-state index contributed by atoms with van der Waals surface area (Å²) in [4.78, 5) is 30.3. The average Bonchev–Trinajstić information content (AvgIpc) is 3.21. The van der Waals surface area contributed by atoms with Crippen LogP contribution < -0.4 is 5.69 Å². The Morgan fingerprint density at radius 2 is 1.43 bits per heavy atom. The lowest BCUT2D eigenvalue weighted by Crippen LogP contribution is -2.17. The molecule has 0 fully saturated rings. The largest absolute Gasteiger partial charge is 0.350 e. The third kappa shape index (κ3) is 3.71. The lowest BCUT2D eigenvalue weighted by Gasteiger charge is -2.04. The molecule has 9 heteroatoms. The van der Waals surface area contributed by atoms with Gasteiger partial charge in [0.2, 0.25) is 0 Å². The van der Waals surface area contributed by atoms with Crippen LogP contribution >= 0.6 is 45.2 Å². The number of aromatic nitrogens is 6. The first-order valence-corrected chi connectivity index (χ1v) is 11.3. The van der Waals surface area contributed by atoms with Crippen LogP contribution in [0, 0.1) is 7.14 Å². The fourth-order valence-corrected chi connectivity index (χ4v) is 4.07. The van der Waals surface area contributed by atoms with Crippen LogP contribution in [0.25, 0.3) is 22.7 Å². The second-order valence-electron chi connectivity index (χ2n) is 6.82. The number of imidazole rings is 2. The highest BCUT2D eigenvalue weighted by molar-refractivity contribution is 14.1. The van der Waals surface area contributed by atoms with E-state index in [0.717, 1.165) is 14.7 Å². The number of fused-ring (bicyclic) bond motifs is 3. The lowest BCUT2D eigenvalue weighted by molar-refractivity contribution is 0.758. The van der Waals surface area contributed by atoms with Crippen molar-refractivity contribution in [1.29, 1.82) is 0 Å². The first-order chi connectivity index (χ1) is 14.6. The van der Waals surface area contributed by atoms with Gasteiger partial charge in [0.15, 0.2) is 11.5 Å². The third-order valence-corrected chi connectivity index (χ3v) is 6.26. The zero-order valence-electron chi connectivity index (χ0n) is 15.5. The molecule has 3 heterocycles. The fourth-order valence-electron chi connectivity index (χ4n) is 3.35. The van der Waals surface area contributed by atoms with Crippen molar-refractivity contribution in [3.05, 3.63) is 89.9 Å². The number of benzene rings is 2. The summed E-state index contributed by atoms with van der Waals surface area (Å²) < 4.78 is 5.84. The van der Waals surface area contributed by atoms with E-state index in [4.69, 9.17) is 0 Å². The first kappa shape index (κ1) is 19.5. The molecule has 0 atom stereocenters. The van der Waals surface area contributed by atoms with Crippen molar-refractivity contribution in [1.82, 2.24) is 29.1 Å². The lowest BCUT2D eigenvalue weighted by atomic mass is 10.2. The second kappa shape index (κ2) is 8.02. The van der Waals surface area contributed by atoms with Crippen molar-refractivity contribution in [2.24, 2.45) is 0 Å². The summed E-state index contributed by atoms with van der Waals surface area (Å²) in [7, 11) is 0. The molecule has 0 N–H and O–H groups in total. The number of halogens is 2. The summed E-state index contributed by atoms with van der Waals surface area (Å²) in [6.45, 7) is 1.02. The van der Waals surface area contributed by atoms with Crippen molar-refractivity contribution >= 4 is 56.3 Å². The molecule has 0 radical (unpaired) electrons. The number of hydrogen-bond donors (Lipinski definition) is 0. The van der Waals surface area contributed by atoms with Crippen LogP contribution in [0.5, 0.6) is 0 Å². The van der Waals surface area contributed by atoms with Gasteiger partial charge in [0.1, 0.15) is 17.5 Å². The zero-order valence-corrected chi connectivity index (χ0v) is 19.9. The van der Waals surface area contributed by atoms with Gasteiger partial charge in [0, 0.05) is 7.14 Å². The first-order valence-electron chi connectivity index (χ1n) is 9.14. The number of nitrogens with zero attached hydrogens (tertiary/aromatic N) is 6. The van der Waals surface area contributed by atoms with Gasteiger partial charge >= 0.3 is 5.69 Å². The summed E-state index contributed by atoms with van der Waals surface area (Å²) in [5, 5.41) is 0. The van der Waals surface area contributed by atoms with Gasteiger partial charge in [-0.15, -0.1) is 0 Å². The SMILES string of the molecule is O=c1nc2c3ncn(Cc4ccc(I)cc4)c3ncnc-2n1Cc1ccc(I)cc1. The molecule has 30 heavy (non-hydrogen) atoms. The van der Waals surface area contributed by atoms with E-state index >= 15 is 0 Å². The molecule has 2 aliphatic rings. The standard InChI is InChI=1S/C21H14I2N6O/c22-15-5-1-13(2-6-15)9-28-12-26-17-18-20(25-11-24-19(17)28)29(21(30)27-18)10-14-3-7-16(23)8-4-14/h1-8,11-12H,9-10H2. The molecule has 2 aromatic carbocycles. The maximum absolute atomic E-state index is 12.6. The molecule has 7 nitrogen and oxygen atoms in total. The Morgan fingerprint density at radius 3 is 2.10 bits per heavy atom. The van der Waals surface area contributed by atoms with Gasteiger partial charge in [-0.3, -0.25) is 4.57 Å². The average molecular weight is 620 g/mol. The molecule has 148 valence electrons. The Morgan fingerprint density at radius 1 is 0.800 bits per heavy atom. The normalized spacial score (nSPS) is 11.4. The Balaban J connectivity index is 1.56. The van der Waals surface area contributed by atoms with E-state index in [1.54, 1.807) is 10.9 Å². The Kier molecular flexibility index (Phi) is 5.23. The molecule has 0 amide bonds. The molecule has 0 saturated heterocycles. The summed E-state index contributed by atoms with van der Waals surface area (Å²) >= 11 is 4.54. The molecule has 0 spiro atoms. The van der Waals surface area contributed by atoms with Crippen LogP contribution in [0.1, 0.15) is 11.1 Å². The van der Waals surface area contributed by atoms with Gasteiger partial charge in [0.25, 0.3) is 0 Å². The maximum Gasteiger partial charge on any atom is 0.350 e. The molecule has 0 aliphatic carbocycles. The van der Waals surface area contributed by atoms with Gasteiger partial charge < -0.3 is 4.57 Å². The van der Waals surface area contributed by atoms with Crippen LogP contribution in [0.3, 0.4) is 0 Å². The van der Waals surface area contributed by atoms with Gasteiger partial charge in [-0.2, -0.15) is 4.98 Å². The monoisotopic (exact) mass is 620 g/mol. The predicted octanol–water partition coefficient (Wildman–Crippen LogP) is 3.79. The molecule has 0 bridgehead atoms.